The molecular formula is C13H18INO2. The Morgan fingerprint density at radius 3 is 2.76 bits per heavy atom. The largest absolute Gasteiger partial charge is 0.449 e. The molecule has 0 saturated carbocycles. The van der Waals surface area contributed by atoms with Crippen LogP contribution in [0.25, 0.3) is 0 Å². The molecule has 0 spiro atoms. The molecular weight excluding hydrogens is 329 g/mol. The van der Waals surface area contributed by atoms with Crippen LogP contribution in [0, 0.1) is 3.57 Å². The van der Waals surface area contributed by atoms with E-state index in [-0.39, 0.29) is 6.09 Å². The molecule has 0 heterocycles. The van der Waals surface area contributed by atoms with E-state index in [2.05, 4.69) is 34.8 Å². The van der Waals surface area contributed by atoms with E-state index in [4.69, 9.17) is 4.74 Å². The molecule has 0 bridgehead atoms. The number of ether oxygens (including phenoxy) is 1. The number of amides is 1. The van der Waals surface area contributed by atoms with E-state index < -0.39 is 0 Å². The van der Waals surface area contributed by atoms with Crippen molar-refractivity contribution in [1.82, 2.24) is 0 Å². The molecule has 1 amide bonds. The fourth-order valence-electron chi connectivity index (χ4n) is 1.40. The lowest BCUT2D eigenvalue weighted by Gasteiger charge is -2.08. The number of unbranched alkanes of at least 4 members (excludes halogenated alkanes) is 3. The highest BCUT2D eigenvalue weighted by molar-refractivity contribution is 14.1. The predicted octanol–water partition coefficient (Wildman–Crippen LogP) is 4.42. The summed E-state index contributed by atoms with van der Waals surface area (Å²) in [5, 5.41) is 2.73. The third-order valence-corrected chi connectivity index (χ3v) is 3.28. The van der Waals surface area contributed by atoms with Gasteiger partial charge in [0, 0.05) is 3.57 Å². The zero-order valence-corrected chi connectivity index (χ0v) is 12.2. The van der Waals surface area contributed by atoms with Crippen molar-refractivity contribution in [2.24, 2.45) is 0 Å². The molecule has 0 aliphatic rings. The summed E-state index contributed by atoms with van der Waals surface area (Å²) in [7, 11) is 0. The van der Waals surface area contributed by atoms with E-state index >= 15 is 0 Å². The van der Waals surface area contributed by atoms with Gasteiger partial charge in [-0.2, -0.15) is 0 Å². The molecule has 0 fully saturated rings. The molecule has 0 aromatic heterocycles. The standard InChI is InChI=1S/C13H18INO2/c1-2-3-4-7-10-17-13(16)15-12-9-6-5-8-11(12)14/h5-6,8-9H,2-4,7,10H2,1H3,(H,15,16). The maximum absolute atomic E-state index is 11.5. The fraction of sp³-hybridized carbons (Fsp3) is 0.462. The smallest absolute Gasteiger partial charge is 0.411 e. The van der Waals surface area contributed by atoms with Crippen molar-refractivity contribution < 1.29 is 9.53 Å². The summed E-state index contributed by atoms with van der Waals surface area (Å²) < 4.78 is 6.10. The van der Waals surface area contributed by atoms with Crippen molar-refractivity contribution in [3.05, 3.63) is 27.8 Å². The van der Waals surface area contributed by atoms with E-state index in [0.29, 0.717) is 6.61 Å². The zero-order chi connectivity index (χ0) is 12.5. The number of halogens is 1. The van der Waals surface area contributed by atoms with Crippen molar-refractivity contribution in [2.75, 3.05) is 11.9 Å². The first-order chi connectivity index (χ1) is 8.24. The number of hydrogen-bond donors (Lipinski definition) is 1. The lowest BCUT2D eigenvalue weighted by atomic mass is 10.2. The monoisotopic (exact) mass is 347 g/mol. The summed E-state index contributed by atoms with van der Waals surface area (Å²) >= 11 is 2.18. The Morgan fingerprint density at radius 1 is 1.29 bits per heavy atom. The van der Waals surface area contributed by atoms with Crippen molar-refractivity contribution in [1.29, 1.82) is 0 Å². The molecule has 0 unspecified atom stereocenters. The maximum atomic E-state index is 11.5. The first-order valence-corrected chi connectivity index (χ1v) is 7.00. The van der Waals surface area contributed by atoms with Crippen LogP contribution in [0.5, 0.6) is 0 Å². The van der Waals surface area contributed by atoms with Crippen LogP contribution in [0.3, 0.4) is 0 Å². The van der Waals surface area contributed by atoms with Crippen LogP contribution < -0.4 is 5.32 Å². The van der Waals surface area contributed by atoms with Crippen LogP contribution >= 0.6 is 22.6 Å². The Balaban J connectivity index is 2.23. The van der Waals surface area contributed by atoms with Crippen molar-refractivity contribution >= 4 is 34.4 Å². The highest BCUT2D eigenvalue weighted by Crippen LogP contribution is 2.16. The van der Waals surface area contributed by atoms with Crippen LogP contribution in [0.15, 0.2) is 24.3 Å². The maximum Gasteiger partial charge on any atom is 0.411 e. The molecule has 1 aromatic rings. The summed E-state index contributed by atoms with van der Waals surface area (Å²) in [6.07, 6.45) is 4.07. The second-order valence-electron chi connectivity index (χ2n) is 3.80. The van der Waals surface area contributed by atoms with Gasteiger partial charge in [-0.25, -0.2) is 4.79 Å². The molecule has 4 heteroatoms. The highest BCUT2D eigenvalue weighted by atomic mass is 127. The number of rotatable bonds is 6. The predicted molar refractivity (Wildman–Crippen MR) is 78.3 cm³/mol. The lowest BCUT2D eigenvalue weighted by Crippen LogP contribution is -2.15. The number of nitrogens with one attached hydrogen (secondary N) is 1. The minimum absolute atomic E-state index is 0.370. The normalized spacial score (nSPS) is 10.0. The minimum Gasteiger partial charge on any atom is -0.449 e. The van der Waals surface area contributed by atoms with Crippen LogP contribution in [-0.2, 0) is 4.74 Å². The van der Waals surface area contributed by atoms with Gasteiger partial charge in [0.25, 0.3) is 0 Å². The van der Waals surface area contributed by atoms with Crippen molar-refractivity contribution in [3.8, 4) is 0 Å². The topological polar surface area (TPSA) is 38.3 Å². The van der Waals surface area contributed by atoms with Gasteiger partial charge in [-0.3, -0.25) is 5.32 Å². The first-order valence-electron chi connectivity index (χ1n) is 5.92. The average Bonchev–Trinajstić information content (AvgIpc) is 2.32. The first kappa shape index (κ1) is 14.3. The Labute approximate surface area is 116 Å². The fourth-order valence-corrected chi connectivity index (χ4v) is 1.92. The summed E-state index contributed by atoms with van der Waals surface area (Å²) in [5.41, 5.74) is 0.798. The van der Waals surface area contributed by atoms with Crippen molar-refractivity contribution in [3.63, 3.8) is 0 Å². The Hall–Kier alpha value is -0.780. The van der Waals surface area contributed by atoms with E-state index in [9.17, 15) is 4.79 Å². The molecule has 0 radical (unpaired) electrons. The van der Waals surface area contributed by atoms with Gasteiger partial charge in [-0.05, 0) is 41.1 Å². The third-order valence-electron chi connectivity index (χ3n) is 2.34. The number of anilines is 1. The van der Waals surface area contributed by atoms with Crippen LogP contribution in [0.4, 0.5) is 10.5 Å². The number of para-hydroxylation sites is 1. The molecule has 0 atom stereocenters. The average molecular weight is 347 g/mol. The molecule has 94 valence electrons. The van der Waals surface area contributed by atoms with Crippen LogP contribution in [0.1, 0.15) is 32.6 Å². The van der Waals surface area contributed by atoms with Crippen LogP contribution in [0.2, 0.25) is 0 Å². The molecule has 0 aliphatic heterocycles. The quantitative estimate of drug-likeness (QED) is 0.611. The van der Waals surface area contributed by atoms with Crippen molar-refractivity contribution in [2.45, 2.75) is 32.6 Å². The third kappa shape index (κ3) is 5.91. The van der Waals surface area contributed by atoms with Gasteiger partial charge in [0.15, 0.2) is 0 Å². The number of carbonyl (C=O) groups is 1. The lowest BCUT2D eigenvalue weighted by molar-refractivity contribution is 0.159. The van der Waals surface area contributed by atoms with E-state index in [1.54, 1.807) is 0 Å². The Morgan fingerprint density at radius 2 is 2.06 bits per heavy atom. The van der Waals surface area contributed by atoms with Gasteiger partial charge in [0.1, 0.15) is 0 Å². The Bertz CT molecular complexity index is 355. The number of hydrogen-bond acceptors (Lipinski definition) is 2. The van der Waals surface area contributed by atoms with Gasteiger partial charge >= 0.3 is 6.09 Å². The number of benzene rings is 1. The summed E-state index contributed by atoms with van der Waals surface area (Å²) in [6.45, 7) is 2.65. The molecule has 17 heavy (non-hydrogen) atoms. The molecule has 0 saturated heterocycles. The zero-order valence-electron chi connectivity index (χ0n) is 10.0. The van der Waals surface area contributed by atoms with Gasteiger partial charge in [-0.15, -0.1) is 0 Å². The van der Waals surface area contributed by atoms with E-state index in [1.807, 2.05) is 24.3 Å². The molecule has 3 nitrogen and oxygen atoms in total. The summed E-state index contributed by atoms with van der Waals surface area (Å²) in [5.74, 6) is 0. The minimum atomic E-state index is -0.370. The van der Waals surface area contributed by atoms with Gasteiger partial charge in [-0.1, -0.05) is 38.3 Å². The summed E-state index contributed by atoms with van der Waals surface area (Å²) in [4.78, 5) is 11.5. The number of carbonyl (C=O) groups excluding carboxylic acids is 1. The highest BCUT2D eigenvalue weighted by Gasteiger charge is 2.04. The van der Waals surface area contributed by atoms with Gasteiger partial charge in [0.05, 0.1) is 12.3 Å². The molecule has 0 aliphatic carbocycles. The van der Waals surface area contributed by atoms with E-state index in [1.165, 1.54) is 12.8 Å². The SMILES string of the molecule is CCCCCCOC(=O)Nc1ccccc1I. The van der Waals surface area contributed by atoms with Crippen LogP contribution in [-0.4, -0.2) is 12.7 Å². The summed E-state index contributed by atoms with van der Waals surface area (Å²) in [6, 6.07) is 7.62. The second-order valence-corrected chi connectivity index (χ2v) is 4.96. The van der Waals surface area contributed by atoms with E-state index in [0.717, 1.165) is 22.1 Å². The van der Waals surface area contributed by atoms with Gasteiger partial charge in [0.2, 0.25) is 0 Å². The van der Waals surface area contributed by atoms with Gasteiger partial charge < -0.3 is 4.74 Å². The molecule has 1 N–H and O–H groups in total. The molecule has 1 aromatic carbocycles. The second kappa shape index (κ2) is 8.33. The molecule has 1 rings (SSSR count). The Kier molecular flexibility index (Phi) is 7.00.